The van der Waals surface area contributed by atoms with Crippen molar-refractivity contribution in [1.29, 1.82) is 0 Å². The van der Waals surface area contributed by atoms with Crippen molar-refractivity contribution in [2.75, 3.05) is 20.1 Å². The van der Waals surface area contributed by atoms with E-state index in [2.05, 4.69) is 36.2 Å². The number of ketones is 1. The van der Waals surface area contributed by atoms with Gasteiger partial charge in [0.1, 0.15) is 23.2 Å². The highest BCUT2D eigenvalue weighted by atomic mass is 16.5. The molecule has 0 atom stereocenters. The number of rotatable bonds is 8. The standard InChI is InChI=1S/C32H33NO4/c1-22-30(36-29-13-15-33(2)16-14-29)12-11-26-20-27(32(35)37-31(22)26)21-28(34)19-25-10-6-9-24(18-25)17-23-7-4-3-5-8-23/h3-12,18,20,29H,13-17,19,21H2,1-2H3. The Kier molecular flexibility index (Phi) is 7.52. The molecule has 1 fully saturated rings. The molecule has 37 heavy (non-hydrogen) atoms. The van der Waals surface area contributed by atoms with Gasteiger partial charge in [-0.2, -0.15) is 0 Å². The highest BCUT2D eigenvalue weighted by Gasteiger charge is 2.20. The summed E-state index contributed by atoms with van der Waals surface area (Å²) in [5.74, 6) is 0.742. The second kappa shape index (κ2) is 11.1. The summed E-state index contributed by atoms with van der Waals surface area (Å²) < 4.78 is 12.0. The Morgan fingerprint density at radius 3 is 2.43 bits per heavy atom. The molecule has 0 spiro atoms. The lowest BCUT2D eigenvalue weighted by molar-refractivity contribution is -0.117. The quantitative estimate of drug-likeness (QED) is 0.301. The van der Waals surface area contributed by atoms with Crippen LogP contribution in [0.25, 0.3) is 11.0 Å². The molecular weight excluding hydrogens is 462 g/mol. The lowest BCUT2D eigenvalue weighted by Crippen LogP contribution is -2.35. The third-order valence-electron chi connectivity index (χ3n) is 7.16. The molecule has 0 saturated carbocycles. The maximum absolute atomic E-state index is 12.9. The van der Waals surface area contributed by atoms with Crippen LogP contribution in [-0.4, -0.2) is 36.9 Å². The van der Waals surface area contributed by atoms with E-state index in [1.165, 1.54) is 5.56 Å². The molecule has 2 heterocycles. The highest BCUT2D eigenvalue weighted by Crippen LogP contribution is 2.29. The van der Waals surface area contributed by atoms with Gasteiger partial charge in [0.15, 0.2) is 0 Å². The van der Waals surface area contributed by atoms with Gasteiger partial charge in [-0.3, -0.25) is 4.79 Å². The largest absolute Gasteiger partial charge is 0.490 e. The number of piperidine rings is 1. The summed E-state index contributed by atoms with van der Waals surface area (Å²) in [7, 11) is 2.12. The van der Waals surface area contributed by atoms with Crippen molar-refractivity contribution in [2.24, 2.45) is 0 Å². The summed E-state index contributed by atoms with van der Waals surface area (Å²) >= 11 is 0. The predicted octanol–water partition coefficient (Wildman–Crippen LogP) is 5.52. The first-order chi connectivity index (χ1) is 17.9. The Hall–Kier alpha value is -3.70. The first kappa shape index (κ1) is 25.0. The number of carbonyl (C=O) groups is 1. The van der Waals surface area contributed by atoms with Gasteiger partial charge in [-0.15, -0.1) is 0 Å². The average Bonchev–Trinajstić information content (AvgIpc) is 2.89. The first-order valence-corrected chi connectivity index (χ1v) is 13.0. The number of aryl methyl sites for hydroxylation is 1. The lowest BCUT2D eigenvalue weighted by atomic mass is 9.98. The summed E-state index contributed by atoms with van der Waals surface area (Å²) in [6.45, 7) is 3.95. The molecule has 4 aromatic rings. The van der Waals surface area contributed by atoms with Crippen molar-refractivity contribution in [3.05, 3.63) is 111 Å². The third-order valence-corrected chi connectivity index (χ3v) is 7.16. The maximum Gasteiger partial charge on any atom is 0.339 e. The van der Waals surface area contributed by atoms with Crippen LogP contribution in [0.4, 0.5) is 0 Å². The Labute approximate surface area is 217 Å². The molecule has 0 bridgehead atoms. The van der Waals surface area contributed by atoms with Crippen LogP contribution >= 0.6 is 0 Å². The number of likely N-dealkylation sites (tertiary alicyclic amines) is 1. The zero-order chi connectivity index (χ0) is 25.8. The normalized spacial score (nSPS) is 14.6. The van der Waals surface area contributed by atoms with E-state index in [9.17, 15) is 9.59 Å². The third kappa shape index (κ3) is 6.17. The van der Waals surface area contributed by atoms with Crippen LogP contribution < -0.4 is 10.4 Å². The Balaban J connectivity index is 1.27. The zero-order valence-corrected chi connectivity index (χ0v) is 21.5. The maximum atomic E-state index is 12.9. The minimum atomic E-state index is -0.460. The molecule has 5 nitrogen and oxygen atoms in total. The Morgan fingerprint density at radius 1 is 0.919 bits per heavy atom. The van der Waals surface area contributed by atoms with Gasteiger partial charge in [0.25, 0.3) is 0 Å². The zero-order valence-electron chi connectivity index (χ0n) is 21.5. The molecule has 1 aliphatic heterocycles. The average molecular weight is 496 g/mol. The second-order valence-corrected chi connectivity index (χ2v) is 10.2. The molecule has 0 amide bonds. The van der Waals surface area contributed by atoms with Crippen LogP contribution in [0.5, 0.6) is 5.75 Å². The minimum Gasteiger partial charge on any atom is -0.490 e. The van der Waals surface area contributed by atoms with E-state index in [1.54, 1.807) is 6.07 Å². The number of ether oxygens (including phenoxy) is 1. The number of carbonyl (C=O) groups excluding carboxylic acids is 1. The minimum absolute atomic E-state index is 0.0116. The molecule has 0 aliphatic carbocycles. The smallest absolute Gasteiger partial charge is 0.339 e. The van der Waals surface area contributed by atoms with Crippen molar-refractivity contribution >= 4 is 16.8 Å². The molecule has 1 saturated heterocycles. The fourth-order valence-corrected chi connectivity index (χ4v) is 5.07. The molecule has 190 valence electrons. The fourth-order valence-electron chi connectivity index (χ4n) is 5.07. The number of nitrogens with zero attached hydrogens (tertiary/aromatic N) is 1. The van der Waals surface area contributed by atoms with Gasteiger partial charge in [-0.1, -0.05) is 54.6 Å². The van der Waals surface area contributed by atoms with E-state index in [-0.39, 0.29) is 24.7 Å². The molecule has 0 unspecified atom stereocenters. The second-order valence-electron chi connectivity index (χ2n) is 10.2. The van der Waals surface area contributed by atoms with Crippen molar-refractivity contribution in [1.82, 2.24) is 4.90 Å². The monoisotopic (exact) mass is 495 g/mol. The van der Waals surface area contributed by atoms with Gasteiger partial charge in [-0.25, -0.2) is 4.79 Å². The van der Waals surface area contributed by atoms with Crippen molar-refractivity contribution in [2.45, 2.75) is 45.1 Å². The van der Waals surface area contributed by atoms with Gasteiger partial charge in [-0.05, 0) is 68.1 Å². The number of benzene rings is 3. The molecule has 0 radical (unpaired) electrons. The van der Waals surface area contributed by atoms with Crippen molar-refractivity contribution < 1.29 is 13.9 Å². The number of Topliss-reactive ketones (excluding diaryl/α,β-unsaturated/α-hetero) is 1. The van der Waals surface area contributed by atoms with Crippen LogP contribution in [0.3, 0.4) is 0 Å². The van der Waals surface area contributed by atoms with Gasteiger partial charge >= 0.3 is 5.63 Å². The predicted molar refractivity (Wildman–Crippen MR) is 146 cm³/mol. The lowest BCUT2D eigenvalue weighted by Gasteiger charge is -2.29. The van der Waals surface area contributed by atoms with E-state index < -0.39 is 5.63 Å². The van der Waals surface area contributed by atoms with Crippen LogP contribution in [0.2, 0.25) is 0 Å². The molecule has 5 heteroatoms. The summed E-state index contributed by atoms with van der Waals surface area (Å²) in [6, 6.07) is 24.0. The summed E-state index contributed by atoms with van der Waals surface area (Å²) in [5.41, 5.74) is 4.63. The van der Waals surface area contributed by atoms with Crippen LogP contribution in [0, 0.1) is 6.92 Å². The van der Waals surface area contributed by atoms with Crippen molar-refractivity contribution in [3.8, 4) is 5.75 Å². The van der Waals surface area contributed by atoms with E-state index in [0.717, 1.165) is 60.2 Å². The molecule has 1 aliphatic rings. The van der Waals surface area contributed by atoms with Crippen LogP contribution in [0.1, 0.15) is 40.7 Å². The number of hydrogen-bond donors (Lipinski definition) is 0. The van der Waals surface area contributed by atoms with Crippen LogP contribution in [-0.2, 0) is 24.1 Å². The molecule has 5 rings (SSSR count). The molecule has 3 aromatic carbocycles. The Bertz CT molecular complexity index is 1450. The van der Waals surface area contributed by atoms with Gasteiger partial charge in [0.2, 0.25) is 0 Å². The first-order valence-electron chi connectivity index (χ1n) is 13.0. The summed E-state index contributed by atoms with van der Waals surface area (Å²) in [4.78, 5) is 28.0. The van der Waals surface area contributed by atoms with Crippen LogP contribution in [0.15, 0.2) is 82.0 Å². The van der Waals surface area contributed by atoms with Crippen molar-refractivity contribution in [3.63, 3.8) is 0 Å². The summed E-state index contributed by atoms with van der Waals surface area (Å²) in [6.07, 6.45) is 3.28. The molecular formula is C32H33NO4. The van der Waals surface area contributed by atoms with E-state index in [1.807, 2.05) is 49.4 Å². The van der Waals surface area contributed by atoms with E-state index in [4.69, 9.17) is 9.15 Å². The van der Waals surface area contributed by atoms with E-state index in [0.29, 0.717) is 11.1 Å². The molecule has 0 N–H and O–H groups in total. The highest BCUT2D eigenvalue weighted by molar-refractivity contribution is 5.86. The number of fused-ring (bicyclic) bond motifs is 1. The Morgan fingerprint density at radius 2 is 1.65 bits per heavy atom. The topological polar surface area (TPSA) is 59.8 Å². The van der Waals surface area contributed by atoms with Gasteiger partial charge in [0, 0.05) is 42.4 Å². The van der Waals surface area contributed by atoms with E-state index >= 15 is 0 Å². The fraction of sp³-hybridized carbons (Fsp3) is 0.312. The van der Waals surface area contributed by atoms with Gasteiger partial charge < -0.3 is 14.1 Å². The molecule has 1 aromatic heterocycles. The number of hydrogen-bond acceptors (Lipinski definition) is 5. The SMILES string of the molecule is Cc1c(OC2CCN(C)CC2)ccc2cc(CC(=O)Cc3cccc(Cc4ccccc4)c3)c(=O)oc12. The summed E-state index contributed by atoms with van der Waals surface area (Å²) in [5, 5.41) is 0.806. The van der Waals surface area contributed by atoms with Gasteiger partial charge in [0.05, 0.1) is 0 Å².